The molecule has 1 aliphatic rings. The molecule has 1 N–H and O–H groups in total. The molecule has 0 spiro atoms. The predicted octanol–water partition coefficient (Wildman–Crippen LogP) is 2.01. The summed E-state index contributed by atoms with van der Waals surface area (Å²) in [6.45, 7) is 0.519. The van der Waals surface area contributed by atoms with E-state index >= 15 is 0 Å². The van der Waals surface area contributed by atoms with E-state index in [-0.39, 0.29) is 12.2 Å². The van der Waals surface area contributed by atoms with Gasteiger partial charge in [0, 0.05) is 31.2 Å². The number of ketones is 1. The minimum Gasteiger partial charge on any atom is -0.390 e. The predicted molar refractivity (Wildman–Crippen MR) is 60.8 cm³/mol. The van der Waals surface area contributed by atoms with Crippen molar-refractivity contribution in [3.05, 3.63) is 47.7 Å². The molecule has 1 aromatic carbocycles. The Balaban J connectivity index is 2.14. The summed E-state index contributed by atoms with van der Waals surface area (Å²) < 4.78 is 13.4. The molecule has 3 heteroatoms. The Morgan fingerprint density at radius 1 is 1.31 bits per heavy atom. The van der Waals surface area contributed by atoms with Crippen molar-refractivity contribution in [1.29, 1.82) is 0 Å². The van der Waals surface area contributed by atoms with Gasteiger partial charge in [-0.1, -0.05) is 30.3 Å². The van der Waals surface area contributed by atoms with Gasteiger partial charge in [0.05, 0.1) is 0 Å². The molecule has 0 aliphatic carbocycles. The maximum Gasteiger partial charge on any atom is 0.194 e. The zero-order valence-corrected chi connectivity index (χ0v) is 8.95. The van der Waals surface area contributed by atoms with Crippen LogP contribution in [0.5, 0.6) is 0 Å². The van der Waals surface area contributed by atoms with Crippen LogP contribution in [0.15, 0.2) is 42.1 Å². The van der Waals surface area contributed by atoms with Gasteiger partial charge < -0.3 is 5.32 Å². The van der Waals surface area contributed by atoms with Crippen molar-refractivity contribution < 1.29 is 9.18 Å². The fraction of sp³-hybridized carbons (Fsp3) is 0.308. The molecule has 1 aromatic rings. The standard InChI is InChI=1S/C13H14FNO/c14-12-6-7-15-9-11(13(12)16)8-10-4-2-1-3-5-10/h1-5,9,12,15H,6-8H2/t12-/m1/s1. The van der Waals surface area contributed by atoms with Crippen LogP contribution >= 0.6 is 0 Å². The highest BCUT2D eigenvalue weighted by Gasteiger charge is 2.23. The van der Waals surface area contributed by atoms with Gasteiger partial charge in [-0.15, -0.1) is 0 Å². The second-order valence-electron chi connectivity index (χ2n) is 3.91. The molecule has 2 nitrogen and oxygen atoms in total. The molecule has 0 radical (unpaired) electrons. The van der Waals surface area contributed by atoms with Gasteiger partial charge in [-0.05, 0) is 5.56 Å². The molecule has 1 atom stereocenters. The van der Waals surface area contributed by atoms with E-state index in [4.69, 9.17) is 0 Å². The van der Waals surface area contributed by atoms with Gasteiger partial charge in [-0.25, -0.2) is 4.39 Å². The highest BCUT2D eigenvalue weighted by atomic mass is 19.1. The molecule has 1 aliphatic heterocycles. The van der Waals surface area contributed by atoms with Crippen molar-refractivity contribution in [2.45, 2.75) is 19.0 Å². The number of Topliss-reactive ketones (excluding diaryl/α,β-unsaturated/α-hetero) is 1. The Bertz CT molecular complexity index is 400. The van der Waals surface area contributed by atoms with Crippen molar-refractivity contribution in [1.82, 2.24) is 5.32 Å². The molecule has 2 rings (SSSR count). The molecule has 0 fully saturated rings. The molecular formula is C13H14FNO. The molecule has 0 unspecified atom stereocenters. The Morgan fingerprint density at radius 3 is 2.81 bits per heavy atom. The summed E-state index contributed by atoms with van der Waals surface area (Å²) in [5, 5.41) is 2.96. The van der Waals surface area contributed by atoms with E-state index in [0.29, 0.717) is 18.5 Å². The lowest BCUT2D eigenvalue weighted by molar-refractivity contribution is -0.120. The zero-order valence-electron chi connectivity index (χ0n) is 8.95. The van der Waals surface area contributed by atoms with Gasteiger partial charge in [-0.3, -0.25) is 4.79 Å². The summed E-state index contributed by atoms with van der Waals surface area (Å²) in [5.41, 5.74) is 1.55. The van der Waals surface area contributed by atoms with Crippen LogP contribution in [0.25, 0.3) is 0 Å². The third kappa shape index (κ3) is 2.48. The number of allylic oxidation sites excluding steroid dienone is 1. The number of nitrogens with one attached hydrogen (secondary N) is 1. The minimum absolute atomic E-state index is 0.258. The first-order valence-electron chi connectivity index (χ1n) is 5.42. The van der Waals surface area contributed by atoms with E-state index in [1.54, 1.807) is 6.20 Å². The van der Waals surface area contributed by atoms with Crippen LogP contribution in [0.3, 0.4) is 0 Å². The van der Waals surface area contributed by atoms with Crippen LogP contribution in [0.4, 0.5) is 4.39 Å². The molecule has 1 heterocycles. The summed E-state index contributed by atoms with van der Waals surface area (Å²) in [5.74, 6) is -0.381. The van der Waals surface area contributed by atoms with Crippen molar-refractivity contribution >= 4 is 5.78 Å². The second kappa shape index (κ2) is 4.92. The highest BCUT2D eigenvalue weighted by Crippen LogP contribution is 2.15. The van der Waals surface area contributed by atoms with Gasteiger partial charge >= 0.3 is 0 Å². The molecule has 0 saturated carbocycles. The fourth-order valence-corrected chi connectivity index (χ4v) is 1.76. The first-order valence-corrected chi connectivity index (χ1v) is 5.42. The molecule has 16 heavy (non-hydrogen) atoms. The minimum atomic E-state index is -1.36. The first kappa shape index (κ1) is 10.9. The summed E-state index contributed by atoms with van der Waals surface area (Å²) in [7, 11) is 0. The maximum absolute atomic E-state index is 13.4. The largest absolute Gasteiger partial charge is 0.390 e. The number of hydrogen-bond donors (Lipinski definition) is 1. The van der Waals surface area contributed by atoms with Crippen molar-refractivity contribution in [3.8, 4) is 0 Å². The Kier molecular flexibility index (Phi) is 3.34. The van der Waals surface area contributed by atoms with Gasteiger partial charge in [-0.2, -0.15) is 0 Å². The highest BCUT2D eigenvalue weighted by molar-refractivity contribution is 5.99. The quantitative estimate of drug-likeness (QED) is 0.824. The van der Waals surface area contributed by atoms with Crippen molar-refractivity contribution in [3.63, 3.8) is 0 Å². The SMILES string of the molecule is O=C1C(Cc2ccccc2)=CNCC[C@H]1F. The molecule has 84 valence electrons. The van der Waals surface area contributed by atoms with Gasteiger partial charge in [0.2, 0.25) is 0 Å². The van der Waals surface area contributed by atoms with E-state index in [0.717, 1.165) is 5.56 Å². The topological polar surface area (TPSA) is 29.1 Å². The van der Waals surface area contributed by atoms with Crippen LogP contribution in [0.2, 0.25) is 0 Å². The zero-order chi connectivity index (χ0) is 11.4. The molecule has 0 saturated heterocycles. The van der Waals surface area contributed by atoms with Gasteiger partial charge in [0.1, 0.15) is 0 Å². The van der Waals surface area contributed by atoms with E-state index in [1.807, 2.05) is 30.3 Å². The average molecular weight is 219 g/mol. The number of halogens is 1. The van der Waals surface area contributed by atoms with Crippen LogP contribution in [0, 0.1) is 0 Å². The molecule has 0 bridgehead atoms. The number of hydrogen-bond acceptors (Lipinski definition) is 2. The molecular weight excluding hydrogens is 205 g/mol. The van der Waals surface area contributed by atoms with E-state index in [9.17, 15) is 9.18 Å². The van der Waals surface area contributed by atoms with Gasteiger partial charge in [0.25, 0.3) is 0 Å². The van der Waals surface area contributed by atoms with E-state index in [2.05, 4.69) is 5.32 Å². The Hall–Kier alpha value is -1.64. The Labute approximate surface area is 94.2 Å². The van der Waals surface area contributed by atoms with Crippen molar-refractivity contribution in [2.75, 3.05) is 6.54 Å². The smallest absolute Gasteiger partial charge is 0.194 e. The van der Waals surface area contributed by atoms with Crippen LogP contribution in [0.1, 0.15) is 12.0 Å². The summed E-state index contributed by atoms with van der Waals surface area (Å²) in [6.07, 6.45) is 1.04. The number of carbonyl (C=O) groups excluding carboxylic acids is 1. The number of alkyl halides is 1. The van der Waals surface area contributed by atoms with Crippen LogP contribution in [-0.4, -0.2) is 18.5 Å². The van der Waals surface area contributed by atoms with E-state index < -0.39 is 6.17 Å². The fourth-order valence-electron chi connectivity index (χ4n) is 1.76. The maximum atomic E-state index is 13.4. The third-order valence-corrected chi connectivity index (χ3v) is 2.66. The normalized spacial score (nSPS) is 20.9. The summed E-state index contributed by atoms with van der Waals surface area (Å²) in [4.78, 5) is 11.7. The lowest BCUT2D eigenvalue weighted by Crippen LogP contribution is -2.18. The number of carbonyl (C=O) groups is 1. The van der Waals surface area contributed by atoms with Crippen LogP contribution in [-0.2, 0) is 11.2 Å². The second-order valence-corrected chi connectivity index (χ2v) is 3.91. The molecule has 0 amide bonds. The Morgan fingerprint density at radius 2 is 2.06 bits per heavy atom. The lowest BCUT2D eigenvalue weighted by atomic mass is 10.00. The van der Waals surface area contributed by atoms with E-state index in [1.165, 1.54) is 0 Å². The average Bonchev–Trinajstić information content (AvgIpc) is 2.46. The van der Waals surface area contributed by atoms with Crippen LogP contribution < -0.4 is 5.32 Å². The lowest BCUT2D eigenvalue weighted by Gasteiger charge is -2.06. The number of rotatable bonds is 2. The first-order chi connectivity index (χ1) is 7.77. The summed E-state index contributed by atoms with van der Waals surface area (Å²) in [6, 6.07) is 9.62. The van der Waals surface area contributed by atoms with Gasteiger partial charge in [0.15, 0.2) is 12.0 Å². The van der Waals surface area contributed by atoms with Crippen molar-refractivity contribution in [2.24, 2.45) is 0 Å². The third-order valence-electron chi connectivity index (χ3n) is 2.66. The summed E-state index contributed by atoms with van der Waals surface area (Å²) >= 11 is 0. The number of benzene rings is 1. The molecule has 0 aromatic heterocycles. The monoisotopic (exact) mass is 219 g/mol.